The Morgan fingerprint density at radius 1 is 1.03 bits per heavy atom. The summed E-state index contributed by atoms with van der Waals surface area (Å²) in [5.41, 5.74) is 0.692. The fourth-order valence-corrected chi connectivity index (χ4v) is 6.77. The van der Waals surface area contributed by atoms with Crippen LogP contribution >= 0.6 is 11.8 Å². The molecule has 186 valence electrons. The summed E-state index contributed by atoms with van der Waals surface area (Å²) in [7, 11) is -4.05. The molecule has 1 aliphatic carbocycles. The number of para-hydroxylation sites is 1. The number of hydrogen-bond acceptors (Lipinski definition) is 10. The summed E-state index contributed by atoms with van der Waals surface area (Å²) in [6.07, 6.45) is 6.22. The number of sulfonamides is 1. The lowest BCUT2D eigenvalue weighted by Crippen LogP contribution is -2.50. The van der Waals surface area contributed by atoms with E-state index < -0.39 is 10.0 Å². The molecule has 0 spiro atoms. The average molecular weight is 532 g/mol. The smallest absolute Gasteiger partial charge is 0.245 e. The van der Waals surface area contributed by atoms with Crippen molar-refractivity contribution in [2.45, 2.75) is 4.90 Å². The highest BCUT2D eigenvalue weighted by molar-refractivity contribution is 8.04. The zero-order chi connectivity index (χ0) is 26.0. The first-order valence-electron chi connectivity index (χ1n) is 11.3. The predicted octanol–water partition coefficient (Wildman–Crippen LogP) is 3.38. The number of nitrogens with zero attached hydrogens (tertiary/aromatic N) is 6. The topological polar surface area (TPSA) is 147 Å². The molecule has 0 radical (unpaired) electrons. The molecule has 10 nitrogen and oxygen atoms in total. The molecule has 3 aromatic rings. The van der Waals surface area contributed by atoms with Crippen molar-refractivity contribution < 1.29 is 13.6 Å². The molecule has 0 bridgehead atoms. The van der Waals surface area contributed by atoms with Crippen LogP contribution in [0.15, 0.2) is 86.9 Å². The van der Waals surface area contributed by atoms with Crippen LogP contribution in [0.5, 0.6) is 0 Å². The van der Waals surface area contributed by atoms with E-state index in [1.165, 1.54) is 22.1 Å². The molecule has 3 heterocycles. The minimum atomic E-state index is -4.05. The normalized spacial score (nSPS) is 18.0. The van der Waals surface area contributed by atoms with E-state index >= 15 is 0 Å². The van der Waals surface area contributed by atoms with Gasteiger partial charge in [0.15, 0.2) is 0 Å². The molecule has 37 heavy (non-hydrogen) atoms. The van der Waals surface area contributed by atoms with E-state index in [-0.39, 0.29) is 29.4 Å². The largest absolute Gasteiger partial charge is 0.410 e. The average Bonchev–Trinajstić information content (AvgIpc) is 2.94. The summed E-state index contributed by atoms with van der Waals surface area (Å²) in [6, 6.07) is 14.9. The van der Waals surface area contributed by atoms with Crippen LogP contribution in [0.3, 0.4) is 0 Å². The molecular formula is C25H21N7O3S2. The van der Waals surface area contributed by atoms with Gasteiger partial charge in [0.05, 0.1) is 16.8 Å². The number of anilines is 1. The molecule has 2 aromatic heterocycles. The van der Waals surface area contributed by atoms with Gasteiger partial charge < -0.3 is 10.1 Å². The zero-order valence-corrected chi connectivity index (χ0v) is 21.1. The fourth-order valence-electron chi connectivity index (χ4n) is 4.24. The third-order valence-electron chi connectivity index (χ3n) is 6.08. The Morgan fingerprint density at radius 3 is 2.51 bits per heavy atom. The van der Waals surface area contributed by atoms with Gasteiger partial charge in [0, 0.05) is 53.8 Å². The summed E-state index contributed by atoms with van der Waals surface area (Å²) in [6.45, 7) is 0.985. The van der Waals surface area contributed by atoms with Gasteiger partial charge in [-0.2, -0.15) is 9.57 Å². The van der Waals surface area contributed by atoms with E-state index in [0.29, 0.717) is 29.4 Å². The second-order valence-electron chi connectivity index (χ2n) is 8.20. The number of rotatable bonds is 5. The van der Waals surface area contributed by atoms with Crippen molar-refractivity contribution in [2.75, 3.05) is 31.1 Å². The highest BCUT2D eigenvalue weighted by atomic mass is 32.2. The molecule has 0 amide bonds. The number of pyridine rings is 2. The van der Waals surface area contributed by atoms with E-state index in [2.05, 4.69) is 21.2 Å². The van der Waals surface area contributed by atoms with Gasteiger partial charge >= 0.3 is 0 Å². The van der Waals surface area contributed by atoms with Crippen molar-refractivity contribution in [2.24, 2.45) is 5.16 Å². The second-order valence-corrected chi connectivity index (χ2v) is 11.2. The minimum Gasteiger partial charge on any atom is -0.410 e. The van der Waals surface area contributed by atoms with Gasteiger partial charge in [-0.3, -0.25) is 10.4 Å². The molecule has 0 unspecified atom stereocenters. The lowest BCUT2D eigenvalue weighted by Gasteiger charge is -2.35. The standard InChI is InChI=1S/C25H21N7O3S2/c26-16-18-6-3-11-29-25(18)31-12-14-32(15-13-31)37(34,35)21-9-8-19(22(27)24(21)30-33)36-20-7-1-4-17-5-2-10-28-23(17)20/h1-11,27,33H,12-15H2/b27-22?,30-24-. The van der Waals surface area contributed by atoms with E-state index in [1.807, 2.05) is 35.2 Å². The molecule has 1 aliphatic heterocycles. The quantitative estimate of drug-likeness (QED) is 0.289. The lowest BCUT2D eigenvalue weighted by molar-refractivity contribution is 0.320. The van der Waals surface area contributed by atoms with Crippen molar-refractivity contribution in [3.8, 4) is 6.07 Å². The molecule has 0 atom stereocenters. The number of hydrogen-bond donors (Lipinski definition) is 2. The Labute approximate surface area is 217 Å². The molecule has 12 heteroatoms. The van der Waals surface area contributed by atoms with Crippen LogP contribution in [0.1, 0.15) is 5.56 Å². The summed E-state index contributed by atoms with van der Waals surface area (Å²) < 4.78 is 28.3. The lowest BCUT2D eigenvalue weighted by atomic mass is 10.1. The van der Waals surface area contributed by atoms with Crippen molar-refractivity contribution in [3.63, 3.8) is 0 Å². The number of nitrogens with one attached hydrogen (secondary N) is 1. The van der Waals surface area contributed by atoms with Gasteiger partial charge in [-0.25, -0.2) is 13.4 Å². The number of allylic oxidation sites excluding steroid dienone is 4. The number of thioether (sulfide) groups is 1. The van der Waals surface area contributed by atoms with E-state index in [0.717, 1.165) is 15.8 Å². The van der Waals surface area contributed by atoms with Crippen molar-refractivity contribution in [1.29, 1.82) is 10.7 Å². The van der Waals surface area contributed by atoms with Crippen LogP contribution in [0, 0.1) is 16.7 Å². The number of nitriles is 1. The summed E-state index contributed by atoms with van der Waals surface area (Å²) in [4.78, 5) is 11.6. The number of aromatic nitrogens is 2. The molecule has 1 aromatic carbocycles. The van der Waals surface area contributed by atoms with Gasteiger partial charge in [-0.15, -0.1) is 0 Å². The summed E-state index contributed by atoms with van der Waals surface area (Å²) in [5.74, 6) is 0.519. The summed E-state index contributed by atoms with van der Waals surface area (Å²) >= 11 is 1.26. The number of benzene rings is 1. The Bertz CT molecular complexity index is 1630. The number of oxime groups is 1. The Morgan fingerprint density at radius 2 is 1.76 bits per heavy atom. The van der Waals surface area contributed by atoms with Crippen LogP contribution in [0.2, 0.25) is 0 Å². The third-order valence-corrected chi connectivity index (χ3v) is 9.12. The highest BCUT2D eigenvalue weighted by Crippen LogP contribution is 2.35. The van der Waals surface area contributed by atoms with Gasteiger partial charge in [0.25, 0.3) is 0 Å². The van der Waals surface area contributed by atoms with E-state index in [4.69, 9.17) is 5.41 Å². The first-order chi connectivity index (χ1) is 17.9. The first-order valence-corrected chi connectivity index (χ1v) is 13.5. The molecular weight excluding hydrogens is 510 g/mol. The van der Waals surface area contributed by atoms with Crippen LogP contribution in [-0.4, -0.2) is 65.5 Å². The van der Waals surface area contributed by atoms with Gasteiger partial charge in [0.1, 0.15) is 22.5 Å². The molecule has 1 fully saturated rings. The first kappa shape index (κ1) is 24.6. The maximum Gasteiger partial charge on any atom is 0.245 e. The summed E-state index contributed by atoms with van der Waals surface area (Å²) in [5, 5.41) is 31.8. The highest BCUT2D eigenvalue weighted by Gasteiger charge is 2.37. The molecule has 2 N–H and O–H groups in total. The Balaban J connectivity index is 1.39. The van der Waals surface area contributed by atoms with Gasteiger partial charge in [-0.1, -0.05) is 35.1 Å². The SMILES string of the molecule is N#Cc1cccnc1N1CCN(S(=O)(=O)C2=CC=C(Sc3cccc4cccnc34)C(=N)/C2=N\O)CC1. The Hall–Kier alpha value is -4.05. The minimum absolute atomic E-state index is 0.153. The maximum atomic E-state index is 13.5. The van der Waals surface area contributed by atoms with E-state index in [1.54, 1.807) is 30.6 Å². The van der Waals surface area contributed by atoms with Crippen LogP contribution in [-0.2, 0) is 10.0 Å². The molecule has 5 rings (SSSR count). The number of fused-ring (bicyclic) bond motifs is 1. The van der Waals surface area contributed by atoms with Crippen LogP contribution < -0.4 is 4.90 Å². The van der Waals surface area contributed by atoms with Crippen molar-refractivity contribution in [3.05, 3.63) is 82.4 Å². The second kappa shape index (κ2) is 10.1. The number of piperazine rings is 1. The van der Waals surface area contributed by atoms with Gasteiger partial charge in [0.2, 0.25) is 10.0 Å². The van der Waals surface area contributed by atoms with Gasteiger partial charge in [-0.05, 0) is 36.4 Å². The Kier molecular flexibility index (Phi) is 6.75. The third kappa shape index (κ3) is 4.60. The zero-order valence-electron chi connectivity index (χ0n) is 19.4. The predicted molar refractivity (Wildman–Crippen MR) is 142 cm³/mol. The molecule has 2 aliphatic rings. The van der Waals surface area contributed by atoms with Crippen molar-refractivity contribution in [1.82, 2.24) is 14.3 Å². The molecule has 0 saturated carbocycles. The maximum absolute atomic E-state index is 13.5. The fraction of sp³-hybridized carbons (Fsp3) is 0.160. The molecule has 1 saturated heterocycles. The van der Waals surface area contributed by atoms with Crippen LogP contribution in [0.4, 0.5) is 5.82 Å². The van der Waals surface area contributed by atoms with Crippen LogP contribution in [0.25, 0.3) is 10.9 Å². The van der Waals surface area contributed by atoms with Crippen molar-refractivity contribution >= 4 is 49.9 Å². The monoisotopic (exact) mass is 531 g/mol. The van der Waals surface area contributed by atoms with E-state index in [9.17, 15) is 18.9 Å².